The van der Waals surface area contributed by atoms with E-state index in [1.165, 1.54) is 0 Å². The van der Waals surface area contributed by atoms with Crippen LogP contribution < -0.4 is 5.73 Å². The molecule has 0 aromatic heterocycles. The standard InChI is InChI=1S/C14H19NO2/c1-14(2,3)17-13(16)11-8-9-6-4-5-7-10(9)12(11)15/h4-7,11-12H,8,15H2,1-3H3/t11-,12-/m0/s1. The Kier molecular flexibility index (Phi) is 2.96. The second kappa shape index (κ2) is 4.15. The first kappa shape index (κ1) is 12.1. The van der Waals surface area contributed by atoms with Crippen LogP contribution in [0.5, 0.6) is 0 Å². The molecule has 0 unspecified atom stereocenters. The smallest absolute Gasteiger partial charge is 0.311 e. The minimum absolute atomic E-state index is 0.193. The molecule has 3 nitrogen and oxygen atoms in total. The van der Waals surface area contributed by atoms with Crippen LogP contribution in [-0.2, 0) is 16.0 Å². The van der Waals surface area contributed by atoms with E-state index < -0.39 is 5.60 Å². The summed E-state index contributed by atoms with van der Waals surface area (Å²) >= 11 is 0. The second-order valence-corrected chi connectivity index (χ2v) is 5.57. The minimum Gasteiger partial charge on any atom is -0.460 e. The third-order valence-corrected chi connectivity index (χ3v) is 3.00. The van der Waals surface area contributed by atoms with E-state index in [-0.39, 0.29) is 17.9 Å². The number of ether oxygens (including phenoxy) is 1. The number of esters is 1. The monoisotopic (exact) mass is 233 g/mol. The molecule has 0 amide bonds. The number of nitrogens with two attached hydrogens (primary N) is 1. The van der Waals surface area contributed by atoms with Crippen LogP contribution in [0.4, 0.5) is 0 Å². The quantitative estimate of drug-likeness (QED) is 0.756. The van der Waals surface area contributed by atoms with Gasteiger partial charge in [0, 0.05) is 6.04 Å². The zero-order valence-corrected chi connectivity index (χ0v) is 10.6. The van der Waals surface area contributed by atoms with E-state index in [4.69, 9.17) is 10.5 Å². The van der Waals surface area contributed by atoms with Crippen LogP contribution in [0.2, 0.25) is 0 Å². The summed E-state index contributed by atoms with van der Waals surface area (Å²) in [6.45, 7) is 5.62. The van der Waals surface area contributed by atoms with Crippen LogP contribution in [0.25, 0.3) is 0 Å². The van der Waals surface area contributed by atoms with Crippen LogP contribution in [0.15, 0.2) is 24.3 Å². The lowest BCUT2D eigenvalue weighted by atomic mass is 10.0. The van der Waals surface area contributed by atoms with Crippen molar-refractivity contribution in [2.24, 2.45) is 11.7 Å². The summed E-state index contributed by atoms with van der Waals surface area (Å²) < 4.78 is 5.40. The highest BCUT2D eigenvalue weighted by molar-refractivity contribution is 5.76. The topological polar surface area (TPSA) is 52.3 Å². The Morgan fingerprint density at radius 1 is 1.35 bits per heavy atom. The number of carbonyl (C=O) groups excluding carboxylic acids is 1. The molecule has 2 rings (SSSR count). The molecule has 17 heavy (non-hydrogen) atoms. The van der Waals surface area contributed by atoms with Crippen molar-refractivity contribution in [1.29, 1.82) is 0 Å². The first-order valence-electron chi connectivity index (χ1n) is 5.95. The molecule has 0 spiro atoms. The molecule has 2 N–H and O–H groups in total. The zero-order valence-electron chi connectivity index (χ0n) is 10.6. The van der Waals surface area contributed by atoms with E-state index in [0.29, 0.717) is 6.42 Å². The summed E-state index contributed by atoms with van der Waals surface area (Å²) in [6, 6.07) is 7.71. The number of carbonyl (C=O) groups is 1. The van der Waals surface area contributed by atoms with Crippen molar-refractivity contribution in [3.63, 3.8) is 0 Å². The lowest BCUT2D eigenvalue weighted by molar-refractivity contribution is -0.160. The van der Waals surface area contributed by atoms with E-state index >= 15 is 0 Å². The lowest BCUT2D eigenvalue weighted by Gasteiger charge is -2.23. The van der Waals surface area contributed by atoms with Crippen LogP contribution >= 0.6 is 0 Å². The van der Waals surface area contributed by atoms with Gasteiger partial charge in [0.05, 0.1) is 5.92 Å². The van der Waals surface area contributed by atoms with Gasteiger partial charge in [-0.15, -0.1) is 0 Å². The number of fused-ring (bicyclic) bond motifs is 1. The maximum Gasteiger partial charge on any atom is 0.311 e. The molecule has 0 radical (unpaired) electrons. The van der Waals surface area contributed by atoms with Gasteiger partial charge in [-0.2, -0.15) is 0 Å². The maximum atomic E-state index is 12.0. The third kappa shape index (κ3) is 2.50. The average Bonchev–Trinajstić information content (AvgIpc) is 2.55. The van der Waals surface area contributed by atoms with Crippen molar-refractivity contribution in [2.45, 2.75) is 38.8 Å². The molecule has 0 bridgehead atoms. The van der Waals surface area contributed by atoms with E-state index in [1.54, 1.807) is 0 Å². The molecule has 0 saturated heterocycles. The summed E-state index contributed by atoms with van der Waals surface area (Å²) in [4.78, 5) is 12.0. The Balaban J connectivity index is 2.15. The molecule has 0 fully saturated rings. The number of hydrogen-bond acceptors (Lipinski definition) is 3. The summed E-state index contributed by atoms with van der Waals surface area (Å²) in [5, 5.41) is 0. The average molecular weight is 233 g/mol. The van der Waals surface area contributed by atoms with Gasteiger partial charge in [-0.1, -0.05) is 24.3 Å². The summed E-state index contributed by atoms with van der Waals surface area (Å²) in [6.07, 6.45) is 0.687. The van der Waals surface area contributed by atoms with Gasteiger partial charge in [0.15, 0.2) is 0 Å². The number of benzene rings is 1. The van der Waals surface area contributed by atoms with Gasteiger partial charge in [-0.25, -0.2) is 0 Å². The molecular weight excluding hydrogens is 214 g/mol. The Hall–Kier alpha value is -1.35. The van der Waals surface area contributed by atoms with Gasteiger partial charge in [0.2, 0.25) is 0 Å². The van der Waals surface area contributed by atoms with Gasteiger partial charge in [0.25, 0.3) is 0 Å². The highest BCUT2D eigenvalue weighted by Gasteiger charge is 2.37. The Bertz CT molecular complexity index is 434. The Morgan fingerprint density at radius 3 is 2.59 bits per heavy atom. The first-order valence-corrected chi connectivity index (χ1v) is 5.95. The molecule has 1 aliphatic rings. The van der Waals surface area contributed by atoms with Crippen molar-refractivity contribution in [3.05, 3.63) is 35.4 Å². The van der Waals surface area contributed by atoms with Gasteiger partial charge in [-0.3, -0.25) is 4.79 Å². The molecule has 0 heterocycles. The van der Waals surface area contributed by atoms with Gasteiger partial charge >= 0.3 is 5.97 Å². The second-order valence-electron chi connectivity index (χ2n) is 5.57. The van der Waals surface area contributed by atoms with E-state index in [2.05, 4.69) is 0 Å². The SMILES string of the molecule is CC(C)(C)OC(=O)[C@H]1Cc2ccccc2[C@@H]1N. The van der Waals surface area contributed by atoms with E-state index in [1.807, 2.05) is 45.0 Å². The number of rotatable bonds is 1. The number of hydrogen-bond donors (Lipinski definition) is 1. The van der Waals surface area contributed by atoms with Crippen molar-refractivity contribution in [3.8, 4) is 0 Å². The van der Waals surface area contributed by atoms with E-state index in [0.717, 1.165) is 11.1 Å². The molecule has 0 aliphatic heterocycles. The van der Waals surface area contributed by atoms with Gasteiger partial charge in [0.1, 0.15) is 5.60 Å². The zero-order chi connectivity index (χ0) is 12.6. The summed E-state index contributed by atoms with van der Waals surface area (Å²) in [7, 11) is 0. The predicted molar refractivity (Wildman–Crippen MR) is 66.4 cm³/mol. The highest BCUT2D eigenvalue weighted by atomic mass is 16.6. The van der Waals surface area contributed by atoms with Crippen LogP contribution in [0, 0.1) is 5.92 Å². The molecule has 92 valence electrons. The fourth-order valence-corrected chi connectivity index (χ4v) is 2.23. The molecule has 0 saturated carbocycles. The fraction of sp³-hybridized carbons (Fsp3) is 0.500. The fourth-order valence-electron chi connectivity index (χ4n) is 2.23. The molecule has 1 aliphatic carbocycles. The highest BCUT2D eigenvalue weighted by Crippen LogP contribution is 2.35. The van der Waals surface area contributed by atoms with Gasteiger partial charge in [-0.05, 0) is 38.3 Å². The first-order chi connectivity index (χ1) is 7.88. The molecule has 3 heteroatoms. The van der Waals surface area contributed by atoms with Crippen LogP contribution in [-0.4, -0.2) is 11.6 Å². The van der Waals surface area contributed by atoms with Crippen molar-refractivity contribution >= 4 is 5.97 Å². The van der Waals surface area contributed by atoms with Gasteiger partial charge < -0.3 is 10.5 Å². The molecule has 1 aromatic carbocycles. The Labute approximate surface area is 102 Å². The maximum absolute atomic E-state index is 12.0. The molecule has 2 atom stereocenters. The molecular formula is C14H19NO2. The molecule has 1 aromatic rings. The van der Waals surface area contributed by atoms with Crippen molar-refractivity contribution < 1.29 is 9.53 Å². The van der Waals surface area contributed by atoms with Crippen molar-refractivity contribution in [2.75, 3.05) is 0 Å². The van der Waals surface area contributed by atoms with Crippen LogP contribution in [0.1, 0.15) is 37.9 Å². The summed E-state index contributed by atoms with van der Waals surface area (Å²) in [5.74, 6) is -0.437. The third-order valence-electron chi connectivity index (χ3n) is 3.00. The lowest BCUT2D eigenvalue weighted by Crippen LogP contribution is -2.32. The summed E-state index contributed by atoms with van der Waals surface area (Å²) in [5.41, 5.74) is 7.89. The normalized spacial score (nSPS) is 23.3. The largest absolute Gasteiger partial charge is 0.460 e. The minimum atomic E-state index is -0.453. The van der Waals surface area contributed by atoms with E-state index in [9.17, 15) is 4.79 Å². The van der Waals surface area contributed by atoms with Crippen molar-refractivity contribution in [1.82, 2.24) is 0 Å². The predicted octanol–water partition coefficient (Wildman–Crippen LogP) is 2.20. The Morgan fingerprint density at radius 2 is 2.00 bits per heavy atom. The van der Waals surface area contributed by atoms with Crippen LogP contribution in [0.3, 0.4) is 0 Å².